The van der Waals surface area contributed by atoms with Crippen molar-refractivity contribution >= 4 is 34.8 Å². The SMILES string of the molecule is N#Cc1cc(C2=CC=NC(Nc3ccc(N4CN=C(C(F)(F)F)N4)cc3)N2)ccc1N1CCC(O)CC1. The van der Waals surface area contributed by atoms with Crippen molar-refractivity contribution in [3.05, 3.63) is 59.7 Å². The van der Waals surface area contributed by atoms with E-state index in [1.807, 2.05) is 24.3 Å². The predicted molar refractivity (Wildman–Crippen MR) is 136 cm³/mol. The van der Waals surface area contributed by atoms with E-state index in [-0.39, 0.29) is 12.8 Å². The Kier molecular flexibility index (Phi) is 6.62. The highest BCUT2D eigenvalue weighted by atomic mass is 19.4. The van der Waals surface area contributed by atoms with Gasteiger partial charge in [-0.05, 0) is 60.9 Å². The first kappa shape index (κ1) is 24.5. The lowest BCUT2D eigenvalue weighted by atomic mass is 10.0. The summed E-state index contributed by atoms with van der Waals surface area (Å²) in [5, 5.41) is 27.4. The van der Waals surface area contributed by atoms with Crippen molar-refractivity contribution in [2.45, 2.75) is 31.4 Å². The molecule has 0 spiro atoms. The van der Waals surface area contributed by atoms with Crippen molar-refractivity contribution in [1.82, 2.24) is 10.7 Å². The molecule has 3 aliphatic rings. The Hall–Kier alpha value is -4.24. The Morgan fingerprint density at radius 1 is 1.11 bits per heavy atom. The van der Waals surface area contributed by atoms with Gasteiger partial charge in [0, 0.05) is 30.7 Å². The number of nitrogens with one attached hydrogen (secondary N) is 3. The topological polar surface area (TPSA) is 111 Å². The third kappa shape index (κ3) is 5.46. The molecule has 3 heterocycles. The van der Waals surface area contributed by atoms with Crippen molar-refractivity contribution in [2.75, 3.05) is 35.0 Å². The van der Waals surface area contributed by atoms with Crippen LogP contribution in [-0.2, 0) is 0 Å². The predicted octanol–water partition coefficient (Wildman–Crippen LogP) is 3.17. The standard InChI is InChI=1S/C25H25F3N8O/c26-25(27,28)23-31-15-36(34-23)19-4-2-18(3-5-19)32-24-30-10-7-21(33-24)16-1-6-22(17(13-16)14-29)35-11-8-20(37)9-12-35/h1-7,10,13,20,24,32-33,37H,8-9,11-12,15H2,(H,31,34). The number of halogens is 3. The zero-order chi connectivity index (χ0) is 26.0. The Bertz CT molecular complexity index is 1270. The number of nitrogens with zero attached hydrogens (tertiary/aromatic N) is 5. The molecule has 0 aliphatic carbocycles. The Labute approximate surface area is 211 Å². The van der Waals surface area contributed by atoms with E-state index in [0.29, 0.717) is 37.2 Å². The number of hydrazine groups is 1. The average Bonchev–Trinajstić information content (AvgIpc) is 3.41. The van der Waals surface area contributed by atoms with E-state index in [2.05, 4.69) is 37.0 Å². The van der Waals surface area contributed by atoms with Crippen molar-refractivity contribution in [3.8, 4) is 6.07 Å². The van der Waals surface area contributed by atoms with Crippen LogP contribution in [0.5, 0.6) is 0 Å². The normalized spacial score (nSPS) is 20.0. The minimum absolute atomic E-state index is 0.132. The summed E-state index contributed by atoms with van der Waals surface area (Å²) >= 11 is 0. The van der Waals surface area contributed by atoms with Crippen molar-refractivity contribution in [1.29, 1.82) is 5.26 Å². The first-order valence-corrected chi connectivity index (χ1v) is 11.8. The van der Waals surface area contributed by atoms with Crippen LogP contribution in [0.1, 0.15) is 24.0 Å². The van der Waals surface area contributed by atoms with Crippen LogP contribution in [-0.4, -0.2) is 55.5 Å². The average molecular weight is 511 g/mol. The number of rotatable bonds is 5. The van der Waals surface area contributed by atoms with Crippen LogP contribution in [0.3, 0.4) is 0 Å². The maximum atomic E-state index is 12.8. The van der Waals surface area contributed by atoms with Gasteiger partial charge in [-0.3, -0.25) is 10.4 Å². The Morgan fingerprint density at radius 2 is 1.86 bits per heavy atom. The number of nitriles is 1. The van der Waals surface area contributed by atoms with E-state index >= 15 is 0 Å². The molecule has 1 atom stereocenters. The summed E-state index contributed by atoms with van der Waals surface area (Å²) in [6.07, 6.45) is -0.421. The highest BCUT2D eigenvalue weighted by Gasteiger charge is 2.39. The summed E-state index contributed by atoms with van der Waals surface area (Å²) in [7, 11) is 0. The molecule has 3 aliphatic heterocycles. The lowest BCUT2D eigenvalue weighted by Crippen LogP contribution is -2.42. The van der Waals surface area contributed by atoms with Crippen LogP contribution in [0.25, 0.3) is 5.70 Å². The van der Waals surface area contributed by atoms with E-state index in [4.69, 9.17) is 0 Å². The number of amidine groups is 1. The molecular weight excluding hydrogens is 485 g/mol. The molecule has 1 saturated heterocycles. The number of hydrogen-bond acceptors (Lipinski definition) is 9. The minimum atomic E-state index is -4.52. The minimum Gasteiger partial charge on any atom is -0.393 e. The second-order valence-electron chi connectivity index (χ2n) is 8.86. The van der Waals surface area contributed by atoms with Gasteiger partial charge in [-0.1, -0.05) is 6.07 Å². The van der Waals surface area contributed by atoms with E-state index < -0.39 is 18.3 Å². The summed E-state index contributed by atoms with van der Waals surface area (Å²) in [5.41, 5.74) is 6.58. The molecule has 0 radical (unpaired) electrons. The van der Waals surface area contributed by atoms with Crippen molar-refractivity contribution in [3.63, 3.8) is 0 Å². The van der Waals surface area contributed by atoms with Gasteiger partial charge in [-0.25, -0.2) is 9.98 Å². The van der Waals surface area contributed by atoms with Crippen LogP contribution < -0.4 is 26.0 Å². The lowest BCUT2D eigenvalue weighted by molar-refractivity contribution is -0.0611. The number of allylic oxidation sites excluding steroid dienone is 1. The molecule has 37 heavy (non-hydrogen) atoms. The van der Waals surface area contributed by atoms with Gasteiger partial charge >= 0.3 is 6.18 Å². The molecule has 0 amide bonds. The molecule has 1 unspecified atom stereocenters. The van der Waals surface area contributed by atoms with Crippen molar-refractivity contribution in [2.24, 2.45) is 9.98 Å². The van der Waals surface area contributed by atoms with Gasteiger partial charge in [-0.2, -0.15) is 18.4 Å². The molecule has 12 heteroatoms. The van der Waals surface area contributed by atoms with Crippen LogP contribution in [0, 0.1) is 11.3 Å². The second-order valence-corrected chi connectivity index (χ2v) is 8.86. The van der Waals surface area contributed by atoms with E-state index in [0.717, 1.165) is 22.6 Å². The highest BCUT2D eigenvalue weighted by Crippen LogP contribution is 2.28. The zero-order valence-electron chi connectivity index (χ0n) is 19.7. The fraction of sp³-hybridized carbons (Fsp3) is 0.320. The summed E-state index contributed by atoms with van der Waals surface area (Å²) in [6.45, 7) is 1.28. The number of piperidine rings is 1. The number of aliphatic hydroxyl groups is 1. The first-order valence-electron chi connectivity index (χ1n) is 11.8. The van der Waals surface area contributed by atoms with Crippen LogP contribution in [0.4, 0.5) is 30.2 Å². The lowest BCUT2D eigenvalue weighted by Gasteiger charge is -2.32. The number of aliphatic imine (C=N–C) groups is 2. The molecule has 9 nitrogen and oxygen atoms in total. The fourth-order valence-corrected chi connectivity index (χ4v) is 4.40. The third-order valence-electron chi connectivity index (χ3n) is 6.36. The highest BCUT2D eigenvalue weighted by molar-refractivity contribution is 5.90. The smallest absolute Gasteiger partial charge is 0.393 e. The van der Waals surface area contributed by atoms with E-state index in [1.54, 1.807) is 30.5 Å². The number of hydrogen-bond donors (Lipinski definition) is 4. The summed E-state index contributed by atoms with van der Waals surface area (Å²) in [6, 6.07) is 14.9. The monoisotopic (exact) mass is 510 g/mol. The Balaban J connectivity index is 1.21. The van der Waals surface area contributed by atoms with Gasteiger partial charge in [0.2, 0.25) is 5.84 Å². The molecule has 2 aromatic carbocycles. The molecule has 0 saturated carbocycles. The van der Waals surface area contributed by atoms with Gasteiger partial charge in [0.25, 0.3) is 0 Å². The van der Waals surface area contributed by atoms with Crippen molar-refractivity contribution < 1.29 is 18.3 Å². The molecule has 4 N–H and O–H groups in total. The van der Waals surface area contributed by atoms with Crippen LogP contribution >= 0.6 is 0 Å². The first-order chi connectivity index (χ1) is 17.8. The molecule has 5 rings (SSSR count). The van der Waals surface area contributed by atoms with E-state index in [9.17, 15) is 23.5 Å². The van der Waals surface area contributed by atoms with E-state index in [1.165, 1.54) is 5.01 Å². The van der Waals surface area contributed by atoms with Gasteiger partial charge in [0.05, 0.1) is 23.0 Å². The van der Waals surface area contributed by atoms with Gasteiger partial charge in [-0.15, -0.1) is 0 Å². The van der Waals surface area contributed by atoms with Crippen LogP contribution in [0.2, 0.25) is 0 Å². The van der Waals surface area contributed by atoms with Crippen LogP contribution in [0.15, 0.2) is 58.5 Å². The Morgan fingerprint density at radius 3 is 2.54 bits per heavy atom. The second kappa shape index (κ2) is 10.0. The molecule has 2 aromatic rings. The maximum absolute atomic E-state index is 12.8. The number of aliphatic hydroxyl groups excluding tert-OH is 1. The molecule has 192 valence electrons. The third-order valence-corrected chi connectivity index (χ3v) is 6.36. The zero-order valence-corrected chi connectivity index (χ0v) is 19.7. The van der Waals surface area contributed by atoms with Gasteiger partial charge < -0.3 is 20.6 Å². The molecular formula is C25H25F3N8O. The number of anilines is 3. The number of benzene rings is 2. The molecule has 1 fully saturated rings. The quantitative estimate of drug-likeness (QED) is 0.489. The largest absolute Gasteiger partial charge is 0.450 e. The number of alkyl halides is 3. The van der Waals surface area contributed by atoms with Gasteiger partial charge in [0.15, 0.2) is 6.29 Å². The summed E-state index contributed by atoms with van der Waals surface area (Å²) in [4.78, 5) is 10.0. The van der Waals surface area contributed by atoms with Gasteiger partial charge in [0.1, 0.15) is 12.7 Å². The maximum Gasteiger partial charge on any atom is 0.450 e. The molecule has 0 bridgehead atoms. The fourth-order valence-electron chi connectivity index (χ4n) is 4.40. The summed E-state index contributed by atoms with van der Waals surface area (Å²) in [5.74, 6) is -1.02. The molecule has 0 aromatic heterocycles. The summed E-state index contributed by atoms with van der Waals surface area (Å²) < 4.78 is 38.4.